The van der Waals surface area contributed by atoms with Crippen LogP contribution < -0.4 is 21.1 Å². The van der Waals surface area contributed by atoms with Crippen molar-refractivity contribution in [3.8, 4) is 5.75 Å². The molecular weight excluding hydrogens is 428 g/mol. The van der Waals surface area contributed by atoms with Gasteiger partial charge in [-0.2, -0.15) is 8.78 Å². The van der Waals surface area contributed by atoms with Gasteiger partial charge in [-0.15, -0.1) is 0 Å². The number of carbonyl (C=O) groups excluding carboxylic acids is 3. The Morgan fingerprint density at radius 3 is 2.47 bits per heavy atom. The molecule has 0 saturated carbocycles. The zero-order chi connectivity index (χ0) is 23.0. The van der Waals surface area contributed by atoms with Crippen molar-refractivity contribution in [1.29, 1.82) is 0 Å². The Labute approximate surface area is 178 Å². The van der Waals surface area contributed by atoms with Crippen LogP contribution in [-0.2, 0) is 15.1 Å². The molecule has 1 aliphatic heterocycles. The molecule has 3 aromatic rings. The summed E-state index contributed by atoms with van der Waals surface area (Å²) in [5.41, 5.74) is -0.137. The molecule has 4 amide bonds. The van der Waals surface area contributed by atoms with E-state index in [4.69, 9.17) is 0 Å². The van der Waals surface area contributed by atoms with Gasteiger partial charge in [0.1, 0.15) is 17.8 Å². The van der Waals surface area contributed by atoms with E-state index in [9.17, 15) is 28.0 Å². The molecule has 0 bridgehead atoms. The molecule has 32 heavy (non-hydrogen) atoms. The number of hydrogen-bond acceptors (Lipinski definition) is 5. The molecular formula is C20H17F2N5O5. The molecule has 1 aliphatic rings. The molecule has 12 heteroatoms. The minimum atomic E-state index is -2.99. The molecule has 1 fully saturated rings. The second-order valence-electron chi connectivity index (χ2n) is 7.24. The van der Waals surface area contributed by atoms with Gasteiger partial charge < -0.3 is 25.3 Å². The summed E-state index contributed by atoms with van der Waals surface area (Å²) in [6, 6.07) is 9.18. The number of aromatic amines is 2. The smallest absolute Gasteiger partial charge is 0.387 e. The van der Waals surface area contributed by atoms with Crippen LogP contribution in [0.2, 0.25) is 0 Å². The maximum Gasteiger partial charge on any atom is 0.387 e. The summed E-state index contributed by atoms with van der Waals surface area (Å²) in [7, 11) is 0. The summed E-state index contributed by atoms with van der Waals surface area (Å²) in [6.07, 6.45) is 0. The number of carbonyl (C=O) groups is 3. The third-order valence-electron chi connectivity index (χ3n) is 5.03. The zero-order valence-corrected chi connectivity index (χ0v) is 16.6. The average Bonchev–Trinajstić information content (AvgIpc) is 3.19. The highest BCUT2D eigenvalue weighted by molar-refractivity contribution is 6.10. The van der Waals surface area contributed by atoms with E-state index in [2.05, 4.69) is 25.3 Å². The number of amides is 4. The molecule has 1 saturated heterocycles. The molecule has 2 heterocycles. The molecule has 0 spiro atoms. The van der Waals surface area contributed by atoms with Crippen LogP contribution in [0.15, 0.2) is 47.3 Å². The number of benzene rings is 2. The second-order valence-corrected chi connectivity index (χ2v) is 7.24. The number of alkyl halides is 2. The third-order valence-corrected chi connectivity index (χ3v) is 5.03. The highest BCUT2D eigenvalue weighted by atomic mass is 19.3. The number of rotatable bonds is 6. The topological polar surface area (TPSA) is 136 Å². The van der Waals surface area contributed by atoms with Crippen LogP contribution in [0, 0.1) is 0 Å². The molecule has 4 rings (SSSR count). The SMILES string of the molecule is C[C@@]1(c2ccc(OC(F)F)cc2)NC(=O)N(CC(=O)Nc2ccc3[nH]c(=O)[nH]c3c2)C1=O. The number of halogens is 2. The molecule has 0 radical (unpaired) electrons. The number of fused-ring (bicyclic) bond motifs is 1. The van der Waals surface area contributed by atoms with Crippen molar-refractivity contribution < 1.29 is 27.9 Å². The molecule has 4 N–H and O–H groups in total. The summed E-state index contributed by atoms with van der Waals surface area (Å²) < 4.78 is 28.9. The second kappa shape index (κ2) is 7.80. The van der Waals surface area contributed by atoms with Crippen molar-refractivity contribution in [2.45, 2.75) is 19.1 Å². The minimum Gasteiger partial charge on any atom is -0.435 e. The fraction of sp³-hybridized carbons (Fsp3) is 0.200. The number of anilines is 1. The van der Waals surface area contributed by atoms with Crippen LogP contribution in [0.4, 0.5) is 19.3 Å². The predicted molar refractivity (Wildman–Crippen MR) is 108 cm³/mol. The number of H-pyrrole nitrogens is 2. The molecule has 1 atom stereocenters. The first kappa shape index (κ1) is 21.0. The average molecular weight is 445 g/mol. The largest absolute Gasteiger partial charge is 0.435 e. The highest BCUT2D eigenvalue weighted by Gasteiger charge is 2.49. The maximum absolute atomic E-state index is 12.9. The van der Waals surface area contributed by atoms with Crippen LogP contribution in [0.5, 0.6) is 5.75 Å². The van der Waals surface area contributed by atoms with Gasteiger partial charge in [0, 0.05) is 5.69 Å². The zero-order valence-electron chi connectivity index (χ0n) is 16.6. The van der Waals surface area contributed by atoms with Gasteiger partial charge in [0.15, 0.2) is 0 Å². The Morgan fingerprint density at radius 2 is 1.78 bits per heavy atom. The standard InChI is InChI=1S/C20H17F2N5O5/c1-20(10-2-5-12(6-3-10)32-17(21)22)16(29)27(19(31)26-20)9-15(28)23-11-4-7-13-14(8-11)25-18(30)24-13/h2-8,17H,9H2,1H3,(H,23,28)(H,26,31)(H2,24,25,30)/t20-/m0/s1. The summed E-state index contributed by atoms with van der Waals surface area (Å²) in [6.45, 7) is -2.09. The predicted octanol–water partition coefficient (Wildman–Crippen LogP) is 1.86. The first-order chi connectivity index (χ1) is 15.2. The van der Waals surface area contributed by atoms with Gasteiger partial charge in [-0.25, -0.2) is 9.59 Å². The van der Waals surface area contributed by atoms with Crippen LogP contribution in [0.25, 0.3) is 11.0 Å². The lowest BCUT2D eigenvalue weighted by Crippen LogP contribution is -2.42. The quantitative estimate of drug-likeness (QED) is 0.430. The maximum atomic E-state index is 12.9. The van der Waals surface area contributed by atoms with E-state index in [1.54, 1.807) is 12.1 Å². The lowest BCUT2D eigenvalue weighted by molar-refractivity contribution is -0.133. The highest BCUT2D eigenvalue weighted by Crippen LogP contribution is 2.30. The normalized spacial score (nSPS) is 18.3. The number of nitrogens with zero attached hydrogens (tertiary/aromatic N) is 1. The van der Waals surface area contributed by atoms with E-state index in [1.165, 1.54) is 37.3 Å². The first-order valence-electron chi connectivity index (χ1n) is 9.37. The fourth-order valence-corrected chi connectivity index (χ4v) is 3.46. The molecule has 10 nitrogen and oxygen atoms in total. The van der Waals surface area contributed by atoms with Crippen molar-refractivity contribution >= 4 is 34.6 Å². The van der Waals surface area contributed by atoms with Gasteiger partial charge in [0.2, 0.25) is 5.91 Å². The molecule has 0 unspecified atom stereocenters. The number of imidazole rings is 1. The van der Waals surface area contributed by atoms with E-state index in [0.717, 1.165) is 4.90 Å². The molecule has 1 aromatic heterocycles. The van der Waals surface area contributed by atoms with E-state index >= 15 is 0 Å². The number of aromatic nitrogens is 2. The van der Waals surface area contributed by atoms with Crippen LogP contribution >= 0.6 is 0 Å². The van der Waals surface area contributed by atoms with E-state index in [-0.39, 0.29) is 5.75 Å². The van der Waals surface area contributed by atoms with Crippen molar-refractivity contribution in [3.05, 3.63) is 58.5 Å². The Morgan fingerprint density at radius 1 is 1.09 bits per heavy atom. The van der Waals surface area contributed by atoms with Gasteiger partial charge in [-0.3, -0.25) is 14.5 Å². The summed E-state index contributed by atoms with van der Waals surface area (Å²) >= 11 is 0. The van der Waals surface area contributed by atoms with Gasteiger partial charge in [0.25, 0.3) is 5.91 Å². The number of urea groups is 1. The van der Waals surface area contributed by atoms with Crippen LogP contribution in [0.1, 0.15) is 12.5 Å². The van der Waals surface area contributed by atoms with Gasteiger partial charge in [-0.1, -0.05) is 12.1 Å². The molecule has 2 aromatic carbocycles. The number of imide groups is 1. The number of nitrogens with one attached hydrogen (secondary N) is 4. The van der Waals surface area contributed by atoms with E-state index < -0.39 is 42.2 Å². The first-order valence-corrected chi connectivity index (χ1v) is 9.37. The van der Waals surface area contributed by atoms with E-state index in [1.807, 2.05) is 0 Å². The Bertz CT molecular complexity index is 1270. The van der Waals surface area contributed by atoms with Crippen molar-refractivity contribution in [3.63, 3.8) is 0 Å². The minimum absolute atomic E-state index is 0.0962. The number of hydrogen-bond donors (Lipinski definition) is 4. The van der Waals surface area contributed by atoms with Gasteiger partial charge in [-0.05, 0) is 42.8 Å². The fourth-order valence-electron chi connectivity index (χ4n) is 3.46. The van der Waals surface area contributed by atoms with E-state index in [0.29, 0.717) is 22.3 Å². The summed E-state index contributed by atoms with van der Waals surface area (Å²) in [5.74, 6) is -1.40. The van der Waals surface area contributed by atoms with Crippen molar-refractivity contribution in [2.24, 2.45) is 0 Å². The molecule has 0 aliphatic carbocycles. The number of ether oxygens (including phenoxy) is 1. The van der Waals surface area contributed by atoms with Crippen molar-refractivity contribution in [1.82, 2.24) is 20.2 Å². The summed E-state index contributed by atoms with van der Waals surface area (Å²) in [4.78, 5) is 55.0. The van der Waals surface area contributed by atoms with Crippen LogP contribution in [0.3, 0.4) is 0 Å². The lowest BCUT2D eigenvalue weighted by Gasteiger charge is -2.22. The van der Waals surface area contributed by atoms with Gasteiger partial charge >= 0.3 is 18.3 Å². The third kappa shape index (κ3) is 3.89. The Balaban J connectivity index is 1.46. The lowest BCUT2D eigenvalue weighted by atomic mass is 9.92. The Hall–Kier alpha value is -4.22. The summed E-state index contributed by atoms with van der Waals surface area (Å²) in [5, 5.41) is 5.10. The van der Waals surface area contributed by atoms with Crippen molar-refractivity contribution in [2.75, 3.05) is 11.9 Å². The Kier molecular flexibility index (Phi) is 5.12. The van der Waals surface area contributed by atoms with Gasteiger partial charge in [0.05, 0.1) is 11.0 Å². The molecule has 166 valence electrons. The monoisotopic (exact) mass is 445 g/mol. The van der Waals surface area contributed by atoms with Crippen LogP contribution in [-0.4, -0.2) is 45.9 Å².